The van der Waals surface area contributed by atoms with Crippen molar-refractivity contribution in [2.24, 2.45) is 0 Å². The maximum absolute atomic E-state index is 12.1. The minimum Gasteiger partial charge on any atom is -0.477 e. The van der Waals surface area contributed by atoms with E-state index in [2.05, 4.69) is 4.72 Å². The number of aromatic carboxylic acids is 1. The molecule has 0 aliphatic rings. The van der Waals surface area contributed by atoms with Crippen molar-refractivity contribution < 1.29 is 18.3 Å². The number of carboxylic acid groups (broad SMARTS) is 1. The Bertz CT molecular complexity index is 724. The number of halogens is 1. The van der Waals surface area contributed by atoms with Gasteiger partial charge in [0.1, 0.15) is 14.8 Å². The van der Waals surface area contributed by atoms with Gasteiger partial charge in [-0.15, -0.1) is 11.3 Å². The lowest BCUT2D eigenvalue weighted by Crippen LogP contribution is -2.12. The molecular weight excluding hydrogens is 310 g/mol. The van der Waals surface area contributed by atoms with E-state index in [1.807, 2.05) is 0 Å². The van der Waals surface area contributed by atoms with Crippen LogP contribution in [-0.2, 0) is 10.0 Å². The second kappa shape index (κ2) is 5.20. The standard InChI is InChI=1S/C11H8ClNO4S2/c12-7-3-1-2-4-9(7)19(16,17)13-10-6-5-8(18-10)11(14)15/h1-6,13H,(H,14,15). The summed E-state index contributed by atoms with van der Waals surface area (Å²) in [4.78, 5) is 10.7. The van der Waals surface area contributed by atoms with Crippen LogP contribution < -0.4 is 4.72 Å². The van der Waals surface area contributed by atoms with E-state index in [4.69, 9.17) is 16.7 Å². The first-order chi connectivity index (χ1) is 8.90. The highest BCUT2D eigenvalue weighted by molar-refractivity contribution is 7.93. The summed E-state index contributed by atoms with van der Waals surface area (Å²) in [6, 6.07) is 8.73. The Morgan fingerprint density at radius 2 is 1.89 bits per heavy atom. The van der Waals surface area contributed by atoms with Crippen LogP contribution in [0.15, 0.2) is 41.3 Å². The average molecular weight is 318 g/mol. The summed E-state index contributed by atoms with van der Waals surface area (Å²) in [6.45, 7) is 0. The zero-order valence-electron chi connectivity index (χ0n) is 9.33. The molecular formula is C11H8ClNO4S2. The van der Waals surface area contributed by atoms with Gasteiger partial charge in [-0.1, -0.05) is 23.7 Å². The van der Waals surface area contributed by atoms with Crippen LogP contribution in [0.1, 0.15) is 9.67 Å². The number of carboxylic acids is 1. The van der Waals surface area contributed by atoms with Crippen molar-refractivity contribution in [3.63, 3.8) is 0 Å². The normalized spacial score (nSPS) is 11.2. The zero-order valence-corrected chi connectivity index (χ0v) is 11.7. The van der Waals surface area contributed by atoms with E-state index in [1.54, 1.807) is 12.1 Å². The SMILES string of the molecule is O=C(O)c1ccc(NS(=O)(=O)c2ccccc2Cl)s1. The second-order valence-electron chi connectivity index (χ2n) is 3.50. The van der Waals surface area contributed by atoms with E-state index in [0.29, 0.717) is 0 Å². The highest BCUT2D eigenvalue weighted by Gasteiger charge is 2.19. The number of thiophene rings is 1. The minimum atomic E-state index is -3.82. The van der Waals surface area contributed by atoms with Crippen molar-refractivity contribution in [1.29, 1.82) is 0 Å². The molecule has 2 aromatic rings. The average Bonchev–Trinajstić information content (AvgIpc) is 2.77. The highest BCUT2D eigenvalue weighted by atomic mass is 35.5. The molecule has 0 atom stereocenters. The van der Waals surface area contributed by atoms with Crippen LogP contribution in [0.2, 0.25) is 5.02 Å². The molecule has 0 saturated heterocycles. The quantitative estimate of drug-likeness (QED) is 0.908. The molecule has 0 saturated carbocycles. The fraction of sp³-hybridized carbons (Fsp3) is 0. The lowest BCUT2D eigenvalue weighted by atomic mass is 10.4. The molecule has 0 fully saturated rings. The Balaban J connectivity index is 2.31. The largest absolute Gasteiger partial charge is 0.477 e. The van der Waals surface area contributed by atoms with Gasteiger partial charge in [-0.05, 0) is 24.3 Å². The molecule has 1 heterocycles. The van der Waals surface area contributed by atoms with E-state index >= 15 is 0 Å². The summed E-state index contributed by atoms with van der Waals surface area (Å²) in [5.41, 5.74) is 0. The zero-order chi connectivity index (χ0) is 14.0. The van der Waals surface area contributed by atoms with Gasteiger partial charge in [-0.25, -0.2) is 13.2 Å². The topological polar surface area (TPSA) is 83.5 Å². The molecule has 0 unspecified atom stereocenters. The first kappa shape index (κ1) is 13.9. The molecule has 100 valence electrons. The predicted octanol–water partition coefficient (Wildman–Crippen LogP) is 2.90. The van der Waals surface area contributed by atoms with Crippen LogP contribution in [0.25, 0.3) is 0 Å². The van der Waals surface area contributed by atoms with Crippen molar-refractivity contribution in [3.05, 3.63) is 46.3 Å². The van der Waals surface area contributed by atoms with Crippen molar-refractivity contribution in [1.82, 2.24) is 0 Å². The van der Waals surface area contributed by atoms with E-state index in [9.17, 15) is 13.2 Å². The van der Waals surface area contributed by atoms with E-state index < -0.39 is 16.0 Å². The first-order valence-corrected chi connectivity index (χ1v) is 7.68. The third-order valence-electron chi connectivity index (χ3n) is 2.18. The van der Waals surface area contributed by atoms with Crippen molar-refractivity contribution >= 4 is 43.9 Å². The molecule has 0 radical (unpaired) electrons. The number of hydrogen-bond acceptors (Lipinski definition) is 4. The van der Waals surface area contributed by atoms with Crippen LogP contribution in [0, 0.1) is 0 Å². The third kappa shape index (κ3) is 3.06. The Morgan fingerprint density at radius 3 is 2.47 bits per heavy atom. The third-order valence-corrected chi connectivity index (χ3v) is 5.16. The number of rotatable bonds is 4. The summed E-state index contributed by atoms with van der Waals surface area (Å²) in [5.74, 6) is -1.10. The lowest BCUT2D eigenvalue weighted by molar-refractivity contribution is 0.0702. The number of hydrogen-bond donors (Lipinski definition) is 2. The number of sulfonamides is 1. The van der Waals surface area contributed by atoms with E-state index in [-0.39, 0.29) is 19.8 Å². The molecule has 0 amide bonds. The van der Waals surface area contributed by atoms with E-state index in [0.717, 1.165) is 11.3 Å². The van der Waals surface area contributed by atoms with Crippen LogP contribution in [0.3, 0.4) is 0 Å². The van der Waals surface area contributed by atoms with Crippen molar-refractivity contribution in [2.45, 2.75) is 4.90 Å². The van der Waals surface area contributed by atoms with Crippen LogP contribution in [0.5, 0.6) is 0 Å². The Hall–Kier alpha value is -1.57. The van der Waals surface area contributed by atoms with Gasteiger partial charge in [-0.3, -0.25) is 4.72 Å². The summed E-state index contributed by atoms with van der Waals surface area (Å²) in [5, 5.41) is 9.09. The molecule has 1 aromatic heterocycles. The van der Waals surface area contributed by atoms with Gasteiger partial charge in [0.25, 0.3) is 10.0 Å². The first-order valence-electron chi connectivity index (χ1n) is 5.00. The van der Waals surface area contributed by atoms with Crippen molar-refractivity contribution in [2.75, 3.05) is 4.72 Å². The summed E-state index contributed by atoms with van der Waals surface area (Å²) >= 11 is 6.66. The minimum absolute atomic E-state index is 0.0526. The molecule has 0 aliphatic carbocycles. The van der Waals surface area contributed by atoms with Crippen molar-refractivity contribution in [3.8, 4) is 0 Å². The molecule has 19 heavy (non-hydrogen) atoms. The highest BCUT2D eigenvalue weighted by Crippen LogP contribution is 2.27. The maximum atomic E-state index is 12.1. The number of benzene rings is 1. The van der Waals surface area contributed by atoms with Gasteiger partial charge in [-0.2, -0.15) is 0 Å². The summed E-state index contributed by atoms with van der Waals surface area (Å²) < 4.78 is 26.4. The monoisotopic (exact) mass is 317 g/mol. The van der Waals surface area contributed by atoms with Crippen LogP contribution >= 0.6 is 22.9 Å². The molecule has 0 aliphatic heterocycles. The Labute approximate surface area is 118 Å². The molecule has 5 nitrogen and oxygen atoms in total. The number of nitrogens with one attached hydrogen (secondary N) is 1. The fourth-order valence-electron chi connectivity index (χ4n) is 1.36. The Kier molecular flexibility index (Phi) is 3.79. The fourth-order valence-corrected chi connectivity index (χ4v) is 3.92. The molecule has 0 bridgehead atoms. The molecule has 2 N–H and O–H groups in total. The van der Waals surface area contributed by atoms with Gasteiger partial charge in [0, 0.05) is 0 Å². The smallest absolute Gasteiger partial charge is 0.345 e. The van der Waals surface area contributed by atoms with Crippen LogP contribution in [-0.4, -0.2) is 19.5 Å². The second-order valence-corrected chi connectivity index (χ2v) is 6.65. The number of carbonyl (C=O) groups is 1. The van der Waals surface area contributed by atoms with Gasteiger partial charge in [0.15, 0.2) is 0 Å². The van der Waals surface area contributed by atoms with Gasteiger partial charge < -0.3 is 5.11 Å². The lowest BCUT2D eigenvalue weighted by Gasteiger charge is -2.07. The number of anilines is 1. The molecule has 8 heteroatoms. The Morgan fingerprint density at radius 1 is 1.21 bits per heavy atom. The van der Waals surface area contributed by atoms with Gasteiger partial charge in [0.05, 0.1) is 5.02 Å². The summed E-state index contributed by atoms with van der Waals surface area (Å²) in [6.07, 6.45) is 0. The van der Waals surface area contributed by atoms with Gasteiger partial charge in [0.2, 0.25) is 0 Å². The van der Waals surface area contributed by atoms with Crippen LogP contribution in [0.4, 0.5) is 5.00 Å². The summed E-state index contributed by atoms with van der Waals surface area (Å²) in [7, 11) is -3.82. The van der Waals surface area contributed by atoms with E-state index in [1.165, 1.54) is 24.3 Å². The molecule has 0 spiro atoms. The predicted molar refractivity (Wildman–Crippen MR) is 73.5 cm³/mol. The molecule has 2 rings (SSSR count). The molecule has 1 aromatic carbocycles. The van der Waals surface area contributed by atoms with Gasteiger partial charge >= 0.3 is 5.97 Å². The maximum Gasteiger partial charge on any atom is 0.345 e.